The number of esters is 1. The third kappa shape index (κ3) is 1.94. The molecule has 0 fully saturated rings. The summed E-state index contributed by atoms with van der Waals surface area (Å²) in [5, 5.41) is 0.460. The van der Waals surface area contributed by atoms with E-state index in [1.807, 2.05) is 0 Å². The number of halogens is 2. The highest BCUT2D eigenvalue weighted by Crippen LogP contribution is 2.47. The minimum atomic E-state index is -2.26. The number of cyclic esters (lactones) is 1. The van der Waals surface area contributed by atoms with Crippen molar-refractivity contribution in [3.8, 4) is 0 Å². The van der Waals surface area contributed by atoms with Gasteiger partial charge in [0.15, 0.2) is 6.10 Å². The molecule has 0 aromatic heterocycles. The number of hydrogen-bond acceptors (Lipinski definition) is 3. The Labute approximate surface area is 137 Å². The van der Waals surface area contributed by atoms with Gasteiger partial charge < -0.3 is 4.74 Å². The van der Waals surface area contributed by atoms with Crippen molar-refractivity contribution in [2.45, 2.75) is 24.6 Å². The third-order valence-corrected chi connectivity index (χ3v) is 4.94. The molecular weight excluding hydrogens is 319 g/mol. The number of hydrogen-bond donors (Lipinski definition) is 0. The summed E-state index contributed by atoms with van der Waals surface area (Å²) in [6.45, 7) is 0. The topological polar surface area (TPSA) is 43.4 Å². The number of Topliss-reactive ketones (excluding diaryl/α,β-unsaturated/α-hetero) is 1. The largest absolute Gasteiger partial charge is 0.450 e. The summed E-state index contributed by atoms with van der Waals surface area (Å²) >= 11 is 6.10. The van der Waals surface area contributed by atoms with E-state index in [4.69, 9.17) is 16.3 Å². The lowest BCUT2D eigenvalue weighted by molar-refractivity contribution is -0.0226. The van der Waals surface area contributed by atoms with Crippen LogP contribution in [-0.4, -0.2) is 17.4 Å². The molecule has 0 saturated carbocycles. The summed E-state index contributed by atoms with van der Waals surface area (Å²) in [7, 11) is 0. The van der Waals surface area contributed by atoms with Crippen LogP contribution in [0.5, 0.6) is 0 Å². The molecule has 0 bridgehead atoms. The van der Waals surface area contributed by atoms with Crippen molar-refractivity contribution in [3.63, 3.8) is 0 Å². The maximum absolute atomic E-state index is 15.7. The Kier molecular flexibility index (Phi) is 3.07. The second-order valence-corrected chi connectivity index (χ2v) is 6.24. The third-order valence-electron chi connectivity index (χ3n) is 4.58. The van der Waals surface area contributed by atoms with Crippen LogP contribution >= 0.6 is 11.6 Å². The fourth-order valence-electron chi connectivity index (χ4n) is 3.41. The first kappa shape index (κ1) is 14.4. The monoisotopic (exact) mass is 330 g/mol. The van der Waals surface area contributed by atoms with Crippen LogP contribution in [0.3, 0.4) is 0 Å². The molecule has 1 heterocycles. The number of ketones is 1. The van der Waals surface area contributed by atoms with E-state index < -0.39 is 23.5 Å². The lowest BCUT2D eigenvalue weighted by Crippen LogP contribution is -2.44. The average Bonchev–Trinajstić information content (AvgIpc) is 2.90. The van der Waals surface area contributed by atoms with E-state index in [0.717, 1.165) is 0 Å². The molecule has 2 aromatic carbocycles. The van der Waals surface area contributed by atoms with Crippen molar-refractivity contribution < 1.29 is 18.7 Å². The van der Waals surface area contributed by atoms with Gasteiger partial charge in [0.2, 0.25) is 11.5 Å². The molecule has 0 amide bonds. The van der Waals surface area contributed by atoms with Gasteiger partial charge in [0, 0.05) is 16.1 Å². The van der Waals surface area contributed by atoms with Gasteiger partial charge in [-0.3, -0.25) is 4.79 Å². The smallest absolute Gasteiger partial charge is 0.339 e. The Bertz CT molecular complexity index is 848. The second-order valence-electron chi connectivity index (χ2n) is 5.83. The van der Waals surface area contributed by atoms with E-state index in [-0.39, 0.29) is 12.0 Å². The van der Waals surface area contributed by atoms with Gasteiger partial charge in [0.05, 0.1) is 5.56 Å². The molecule has 3 nitrogen and oxygen atoms in total. The zero-order valence-corrected chi connectivity index (χ0v) is 12.8. The van der Waals surface area contributed by atoms with Gasteiger partial charge in [0.25, 0.3) is 0 Å². The first-order valence-electron chi connectivity index (χ1n) is 7.33. The molecule has 5 heteroatoms. The van der Waals surface area contributed by atoms with Crippen molar-refractivity contribution in [1.82, 2.24) is 0 Å². The van der Waals surface area contributed by atoms with E-state index in [2.05, 4.69) is 0 Å². The number of carbonyl (C=O) groups is 2. The molecule has 23 heavy (non-hydrogen) atoms. The van der Waals surface area contributed by atoms with Gasteiger partial charge in [-0.1, -0.05) is 41.9 Å². The fraction of sp³-hybridized carbons (Fsp3) is 0.222. The minimum Gasteiger partial charge on any atom is -0.450 e. The van der Waals surface area contributed by atoms with Gasteiger partial charge in [-0.2, -0.15) is 0 Å². The van der Waals surface area contributed by atoms with Crippen LogP contribution in [0, 0.1) is 0 Å². The minimum absolute atomic E-state index is 0.0607. The summed E-state index contributed by atoms with van der Waals surface area (Å²) in [5.74, 6) is -1.26. The highest BCUT2D eigenvalue weighted by atomic mass is 35.5. The number of alkyl halides is 1. The van der Waals surface area contributed by atoms with Gasteiger partial charge in [-0.15, -0.1) is 0 Å². The van der Waals surface area contributed by atoms with E-state index in [9.17, 15) is 9.59 Å². The predicted octanol–water partition coefficient (Wildman–Crippen LogP) is 4.09. The molecule has 1 aliphatic carbocycles. The number of carbonyl (C=O) groups excluding carboxylic acids is 2. The Morgan fingerprint density at radius 1 is 1.09 bits per heavy atom. The van der Waals surface area contributed by atoms with Crippen LogP contribution in [0.2, 0.25) is 5.02 Å². The van der Waals surface area contributed by atoms with E-state index in [0.29, 0.717) is 28.1 Å². The maximum atomic E-state index is 15.7. The summed E-state index contributed by atoms with van der Waals surface area (Å²) in [6, 6.07) is 11.5. The van der Waals surface area contributed by atoms with Crippen LogP contribution in [0.15, 0.2) is 42.5 Å². The normalized spacial score (nSPS) is 25.7. The maximum Gasteiger partial charge on any atom is 0.339 e. The molecular formula is C18H12ClFO3. The molecule has 0 saturated heterocycles. The van der Waals surface area contributed by atoms with Crippen LogP contribution in [0.4, 0.5) is 4.39 Å². The van der Waals surface area contributed by atoms with Crippen molar-refractivity contribution in [2.24, 2.45) is 0 Å². The second kappa shape index (κ2) is 4.90. The molecule has 116 valence electrons. The van der Waals surface area contributed by atoms with Gasteiger partial charge >= 0.3 is 5.97 Å². The lowest BCUT2D eigenvalue weighted by Gasteiger charge is -2.33. The molecule has 2 atom stereocenters. The molecule has 2 aliphatic rings. The van der Waals surface area contributed by atoms with E-state index >= 15 is 4.39 Å². The number of fused-ring (bicyclic) bond motifs is 2. The fourth-order valence-corrected chi connectivity index (χ4v) is 3.67. The highest BCUT2D eigenvalue weighted by Gasteiger charge is 2.55. The van der Waals surface area contributed by atoms with Crippen molar-refractivity contribution in [1.29, 1.82) is 0 Å². The van der Waals surface area contributed by atoms with E-state index in [1.54, 1.807) is 42.5 Å². The Balaban J connectivity index is 1.82. The van der Waals surface area contributed by atoms with Crippen LogP contribution in [0.1, 0.15) is 44.4 Å². The lowest BCUT2D eigenvalue weighted by atomic mass is 9.75. The van der Waals surface area contributed by atoms with Crippen LogP contribution in [0.25, 0.3) is 0 Å². The molecule has 4 rings (SSSR count). The predicted molar refractivity (Wildman–Crippen MR) is 82.5 cm³/mol. The number of benzene rings is 2. The van der Waals surface area contributed by atoms with Crippen molar-refractivity contribution >= 4 is 23.4 Å². The van der Waals surface area contributed by atoms with Crippen LogP contribution in [-0.2, 0) is 11.2 Å². The summed E-state index contributed by atoms with van der Waals surface area (Å²) in [5.41, 5.74) is -0.588. The summed E-state index contributed by atoms with van der Waals surface area (Å²) in [4.78, 5) is 24.7. The first-order chi connectivity index (χ1) is 11.0. The van der Waals surface area contributed by atoms with Crippen molar-refractivity contribution in [3.05, 3.63) is 69.7 Å². The SMILES string of the molecule is O=C1O[C@H]([C@]2(F)CCc3c(Cl)cccc3C2=O)c2ccccc21. The van der Waals surface area contributed by atoms with E-state index in [1.165, 1.54) is 0 Å². The van der Waals surface area contributed by atoms with Crippen LogP contribution < -0.4 is 0 Å². The van der Waals surface area contributed by atoms with Crippen molar-refractivity contribution in [2.75, 3.05) is 0 Å². The molecule has 0 radical (unpaired) electrons. The quantitative estimate of drug-likeness (QED) is 0.740. The Hall–Kier alpha value is -2.20. The average molecular weight is 331 g/mol. The Morgan fingerprint density at radius 2 is 1.83 bits per heavy atom. The molecule has 0 unspecified atom stereocenters. The van der Waals surface area contributed by atoms with Gasteiger partial charge in [-0.25, -0.2) is 9.18 Å². The molecule has 1 aliphatic heterocycles. The highest BCUT2D eigenvalue weighted by molar-refractivity contribution is 6.32. The Morgan fingerprint density at radius 3 is 2.65 bits per heavy atom. The molecule has 2 aromatic rings. The standard InChI is InChI=1S/C18H12ClFO3/c19-14-7-3-6-11-10(14)8-9-18(20,15(11)21)16-12-4-1-2-5-13(12)17(22)23-16/h1-7,16H,8-9H2/t16-,18-/m0/s1. The molecule has 0 spiro atoms. The van der Waals surface area contributed by atoms with Gasteiger partial charge in [-0.05, 0) is 30.5 Å². The number of rotatable bonds is 1. The summed E-state index contributed by atoms with van der Waals surface area (Å²) < 4.78 is 20.9. The number of ether oxygens (including phenoxy) is 1. The summed E-state index contributed by atoms with van der Waals surface area (Å²) in [6.07, 6.45) is -0.937. The molecule has 0 N–H and O–H groups in total. The zero-order valence-electron chi connectivity index (χ0n) is 12.0. The van der Waals surface area contributed by atoms with Gasteiger partial charge in [0.1, 0.15) is 0 Å². The zero-order chi connectivity index (χ0) is 16.2. The first-order valence-corrected chi connectivity index (χ1v) is 7.71.